The molecule has 0 N–H and O–H groups in total. The van der Waals surface area contributed by atoms with Crippen LogP contribution in [0.5, 0.6) is 5.75 Å². The molecule has 0 bridgehead atoms. The van der Waals surface area contributed by atoms with Crippen LogP contribution < -0.4 is 4.74 Å². The lowest BCUT2D eigenvalue weighted by atomic mass is 10.0. The molecule has 0 saturated heterocycles. The lowest BCUT2D eigenvalue weighted by Gasteiger charge is -2.09. The van der Waals surface area contributed by atoms with Gasteiger partial charge in [0.15, 0.2) is 0 Å². The molecule has 0 spiro atoms. The molecule has 0 heterocycles. The van der Waals surface area contributed by atoms with Crippen molar-refractivity contribution in [2.45, 2.75) is 39.0 Å². The van der Waals surface area contributed by atoms with Gasteiger partial charge >= 0.3 is 0 Å². The maximum Gasteiger partial charge on any atom is 0.119 e. The molecule has 20 heavy (non-hydrogen) atoms. The van der Waals surface area contributed by atoms with Crippen LogP contribution in [0.4, 0.5) is 0 Å². The van der Waals surface area contributed by atoms with Crippen LogP contribution in [0, 0.1) is 0 Å². The highest BCUT2D eigenvalue weighted by Crippen LogP contribution is 2.18. The molecule has 0 atom stereocenters. The summed E-state index contributed by atoms with van der Waals surface area (Å²) < 4.78 is 5.78. The van der Waals surface area contributed by atoms with Crippen molar-refractivity contribution in [1.29, 1.82) is 0 Å². The Morgan fingerprint density at radius 2 is 1.55 bits per heavy atom. The summed E-state index contributed by atoms with van der Waals surface area (Å²) in [4.78, 5) is 0. The van der Waals surface area contributed by atoms with Crippen LogP contribution in [0.25, 0.3) is 0 Å². The second-order valence-electron chi connectivity index (χ2n) is 5.51. The van der Waals surface area contributed by atoms with Crippen LogP contribution in [0.1, 0.15) is 43.7 Å². The summed E-state index contributed by atoms with van der Waals surface area (Å²) in [6.45, 7) is 5.22. The van der Waals surface area contributed by atoms with Crippen LogP contribution in [0.3, 0.4) is 0 Å². The molecule has 0 aliphatic heterocycles. The fourth-order valence-corrected chi connectivity index (χ4v) is 2.21. The van der Waals surface area contributed by atoms with Gasteiger partial charge in [0.2, 0.25) is 0 Å². The Morgan fingerprint density at radius 3 is 2.20 bits per heavy atom. The highest BCUT2D eigenvalue weighted by Gasteiger charge is 1.99. The first-order valence-electron chi connectivity index (χ1n) is 7.52. The summed E-state index contributed by atoms with van der Waals surface area (Å²) in [6, 6.07) is 19.1. The van der Waals surface area contributed by atoms with E-state index in [-0.39, 0.29) is 0 Å². The zero-order valence-electron chi connectivity index (χ0n) is 12.5. The minimum absolute atomic E-state index is 0.579. The van der Waals surface area contributed by atoms with Crippen molar-refractivity contribution in [3.63, 3.8) is 0 Å². The average Bonchev–Trinajstić information content (AvgIpc) is 2.48. The standard InChI is InChI=1S/C19H24O/c1-16(2)18-11-13-19(14-12-18)20-15-7-6-10-17-8-4-3-5-9-17/h3-5,8-9,11-14,16H,6-7,10,15H2,1-2H3. The van der Waals surface area contributed by atoms with E-state index in [2.05, 4.69) is 68.4 Å². The Balaban J connectivity index is 1.66. The topological polar surface area (TPSA) is 9.23 Å². The molecule has 0 unspecified atom stereocenters. The van der Waals surface area contributed by atoms with Gasteiger partial charge in [-0.25, -0.2) is 0 Å². The lowest BCUT2D eigenvalue weighted by molar-refractivity contribution is 0.307. The van der Waals surface area contributed by atoms with Crippen molar-refractivity contribution in [3.8, 4) is 5.75 Å². The van der Waals surface area contributed by atoms with Gasteiger partial charge in [-0.1, -0.05) is 56.3 Å². The molecule has 0 aromatic heterocycles. The summed E-state index contributed by atoms with van der Waals surface area (Å²) in [7, 11) is 0. The van der Waals surface area contributed by atoms with Crippen molar-refractivity contribution in [2.24, 2.45) is 0 Å². The summed E-state index contributed by atoms with van der Waals surface area (Å²) in [5.74, 6) is 1.56. The number of aryl methyl sites for hydroxylation is 1. The Kier molecular flexibility index (Phi) is 5.67. The maximum absolute atomic E-state index is 5.78. The molecule has 1 nitrogen and oxygen atoms in total. The van der Waals surface area contributed by atoms with Crippen molar-refractivity contribution in [3.05, 3.63) is 65.7 Å². The van der Waals surface area contributed by atoms with E-state index < -0.39 is 0 Å². The highest BCUT2D eigenvalue weighted by atomic mass is 16.5. The number of benzene rings is 2. The van der Waals surface area contributed by atoms with Gasteiger partial charge in [0.1, 0.15) is 5.75 Å². The van der Waals surface area contributed by atoms with Crippen molar-refractivity contribution >= 4 is 0 Å². The van der Waals surface area contributed by atoms with Gasteiger partial charge < -0.3 is 4.74 Å². The Morgan fingerprint density at radius 1 is 0.850 bits per heavy atom. The van der Waals surface area contributed by atoms with Crippen molar-refractivity contribution in [1.82, 2.24) is 0 Å². The fourth-order valence-electron chi connectivity index (χ4n) is 2.21. The van der Waals surface area contributed by atoms with Gasteiger partial charge in [-0.2, -0.15) is 0 Å². The predicted octanol–water partition coefficient (Wildman–Crippen LogP) is 5.21. The predicted molar refractivity (Wildman–Crippen MR) is 85.4 cm³/mol. The zero-order valence-corrected chi connectivity index (χ0v) is 12.5. The number of hydrogen-bond donors (Lipinski definition) is 0. The Labute approximate surface area is 122 Å². The van der Waals surface area contributed by atoms with Crippen LogP contribution in [-0.4, -0.2) is 6.61 Å². The molecule has 2 rings (SSSR count). The Hall–Kier alpha value is -1.76. The quantitative estimate of drug-likeness (QED) is 0.626. The van der Waals surface area contributed by atoms with Gasteiger partial charge in [0.05, 0.1) is 6.61 Å². The SMILES string of the molecule is CC(C)c1ccc(OCCCCc2ccccc2)cc1. The third kappa shape index (κ3) is 4.73. The monoisotopic (exact) mass is 268 g/mol. The molecule has 106 valence electrons. The van der Waals surface area contributed by atoms with Gasteiger partial charge in [-0.05, 0) is 48.4 Å². The second kappa shape index (κ2) is 7.74. The Bertz CT molecular complexity index is 485. The highest BCUT2D eigenvalue weighted by molar-refractivity contribution is 5.28. The molecular formula is C19H24O. The van der Waals surface area contributed by atoms with E-state index in [1.54, 1.807) is 0 Å². The number of unbranched alkanes of at least 4 members (excludes halogenated alkanes) is 1. The zero-order chi connectivity index (χ0) is 14.2. The van der Waals surface area contributed by atoms with E-state index >= 15 is 0 Å². The molecule has 1 heteroatoms. The number of rotatable bonds is 7. The van der Waals surface area contributed by atoms with E-state index in [0.29, 0.717) is 5.92 Å². The third-order valence-electron chi connectivity index (χ3n) is 3.52. The van der Waals surface area contributed by atoms with E-state index in [0.717, 1.165) is 25.2 Å². The summed E-state index contributed by atoms with van der Waals surface area (Å²) in [5.41, 5.74) is 2.77. The molecule has 0 saturated carbocycles. The average molecular weight is 268 g/mol. The van der Waals surface area contributed by atoms with Crippen LogP contribution in [0.2, 0.25) is 0 Å². The van der Waals surface area contributed by atoms with Crippen molar-refractivity contribution < 1.29 is 4.74 Å². The first-order valence-corrected chi connectivity index (χ1v) is 7.52. The fraction of sp³-hybridized carbons (Fsp3) is 0.368. The van der Waals surface area contributed by atoms with Gasteiger partial charge in [-0.3, -0.25) is 0 Å². The van der Waals surface area contributed by atoms with E-state index in [9.17, 15) is 0 Å². The van der Waals surface area contributed by atoms with Gasteiger partial charge in [-0.15, -0.1) is 0 Å². The molecular weight excluding hydrogens is 244 g/mol. The molecule has 2 aromatic carbocycles. The van der Waals surface area contributed by atoms with Gasteiger partial charge in [0, 0.05) is 0 Å². The summed E-state index contributed by atoms with van der Waals surface area (Å²) >= 11 is 0. The lowest BCUT2D eigenvalue weighted by Crippen LogP contribution is -1.98. The molecule has 0 aliphatic carbocycles. The van der Waals surface area contributed by atoms with Crippen molar-refractivity contribution in [2.75, 3.05) is 6.61 Å². The van der Waals surface area contributed by atoms with E-state index in [4.69, 9.17) is 4.74 Å². The van der Waals surface area contributed by atoms with E-state index in [1.807, 2.05) is 0 Å². The maximum atomic E-state index is 5.78. The molecule has 0 radical (unpaired) electrons. The molecule has 0 aliphatic rings. The summed E-state index contributed by atoms with van der Waals surface area (Å²) in [6.07, 6.45) is 3.41. The first-order chi connectivity index (χ1) is 9.75. The number of ether oxygens (including phenoxy) is 1. The van der Waals surface area contributed by atoms with Crippen LogP contribution in [0.15, 0.2) is 54.6 Å². The summed E-state index contributed by atoms with van der Waals surface area (Å²) in [5, 5.41) is 0. The van der Waals surface area contributed by atoms with Crippen LogP contribution >= 0.6 is 0 Å². The normalized spacial score (nSPS) is 10.8. The molecule has 0 amide bonds. The van der Waals surface area contributed by atoms with E-state index in [1.165, 1.54) is 17.5 Å². The van der Waals surface area contributed by atoms with Gasteiger partial charge in [0.25, 0.3) is 0 Å². The largest absolute Gasteiger partial charge is 0.494 e. The smallest absolute Gasteiger partial charge is 0.119 e. The minimum atomic E-state index is 0.579. The second-order valence-corrected chi connectivity index (χ2v) is 5.51. The molecule has 0 fully saturated rings. The van der Waals surface area contributed by atoms with Crippen LogP contribution in [-0.2, 0) is 6.42 Å². The minimum Gasteiger partial charge on any atom is -0.494 e. The third-order valence-corrected chi connectivity index (χ3v) is 3.52. The number of hydrogen-bond acceptors (Lipinski definition) is 1. The molecule has 2 aromatic rings. The first kappa shape index (κ1) is 14.6.